The molecule has 11 heavy (non-hydrogen) atoms. The maximum atomic E-state index is 11.9. The van der Waals surface area contributed by atoms with E-state index in [2.05, 4.69) is 5.84 Å². The first kappa shape index (κ1) is 10.3. The van der Waals surface area contributed by atoms with Crippen molar-refractivity contribution in [1.29, 1.82) is 0 Å². The average molecular weight is 168 g/mol. The van der Waals surface area contributed by atoms with Gasteiger partial charge < -0.3 is 5.43 Å². The van der Waals surface area contributed by atoms with Crippen LogP contribution in [0.2, 0.25) is 0 Å². The van der Waals surface area contributed by atoms with Gasteiger partial charge in [0.25, 0.3) is 0 Å². The van der Waals surface area contributed by atoms with E-state index in [1.165, 1.54) is 0 Å². The lowest BCUT2D eigenvalue weighted by molar-refractivity contribution is -0.0972. The summed E-state index contributed by atoms with van der Waals surface area (Å²) in [7, 11) is 0. The smallest absolute Gasteiger partial charge is 0.320 e. The van der Waals surface area contributed by atoms with E-state index in [0.717, 1.165) is 6.08 Å². The van der Waals surface area contributed by atoms with Crippen molar-refractivity contribution in [3.8, 4) is 0 Å². The second-order valence-electron chi connectivity index (χ2n) is 2.47. The molecule has 0 rings (SSSR count). The Morgan fingerprint density at radius 2 is 1.91 bits per heavy atom. The van der Waals surface area contributed by atoms with E-state index in [9.17, 15) is 13.2 Å². The summed E-state index contributed by atoms with van der Waals surface area (Å²) in [4.78, 5) is 0. The van der Waals surface area contributed by atoms with E-state index in [1.54, 1.807) is 19.3 Å². The molecule has 0 heterocycles. The summed E-state index contributed by atoms with van der Waals surface area (Å²) >= 11 is 0. The molecule has 0 amide bonds. The Labute approximate surface area is 63.2 Å². The van der Waals surface area contributed by atoms with Gasteiger partial charge >= 0.3 is 6.18 Å². The van der Waals surface area contributed by atoms with E-state index in [-0.39, 0.29) is 5.92 Å². The fourth-order valence-electron chi connectivity index (χ4n) is 0.558. The molecule has 0 fully saturated rings. The summed E-state index contributed by atoms with van der Waals surface area (Å²) in [5.41, 5.74) is 0.714. The maximum absolute atomic E-state index is 11.9. The van der Waals surface area contributed by atoms with E-state index in [1.807, 2.05) is 0 Å². The summed E-state index contributed by atoms with van der Waals surface area (Å²) in [5, 5.41) is 0. The van der Waals surface area contributed by atoms with Crippen molar-refractivity contribution in [2.45, 2.75) is 20.0 Å². The fourth-order valence-corrected chi connectivity index (χ4v) is 0.558. The Balaban J connectivity index is 4.41. The molecule has 0 unspecified atom stereocenters. The Morgan fingerprint density at radius 1 is 1.45 bits per heavy atom. The number of hydrazine groups is 1. The zero-order chi connectivity index (χ0) is 9.07. The lowest BCUT2D eigenvalue weighted by Crippen LogP contribution is -2.31. The normalized spacial score (nSPS) is 13.9. The predicted molar refractivity (Wildman–Crippen MR) is 36.3 cm³/mol. The van der Waals surface area contributed by atoms with Crippen LogP contribution >= 0.6 is 0 Å². The molecule has 0 spiro atoms. The zero-order valence-corrected chi connectivity index (χ0v) is 6.37. The third-order valence-electron chi connectivity index (χ3n) is 0.961. The number of hydrogen-bond donors (Lipinski definition) is 2. The Kier molecular flexibility index (Phi) is 3.38. The van der Waals surface area contributed by atoms with Crippen molar-refractivity contribution in [3.05, 3.63) is 11.8 Å². The first-order chi connectivity index (χ1) is 4.88. The third kappa shape index (κ3) is 3.87. The topological polar surface area (TPSA) is 38.0 Å². The number of nitrogens with one attached hydrogen (secondary N) is 1. The van der Waals surface area contributed by atoms with Gasteiger partial charge in [-0.1, -0.05) is 19.9 Å². The molecule has 0 aliphatic heterocycles. The standard InChI is InChI=1S/C6H11F3N2/c1-4(2)3-5(11-10)6(7,8)9/h3-4,11H,10H2,1-2H3/b5-3-. The molecule has 0 saturated heterocycles. The van der Waals surface area contributed by atoms with E-state index >= 15 is 0 Å². The van der Waals surface area contributed by atoms with Crippen LogP contribution in [0.3, 0.4) is 0 Å². The van der Waals surface area contributed by atoms with Crippen molar-refractivity contribution < 1.29 is 13.2 Å². The van der Waals surface area contributed by atoms with Gasteiger partial charge in [-0.15, -0.1) is 0 Å². The molecule has 2 nitrogen and oxygen atoms in total. The van der Waals surface area contributed by atoms with Crippen LogP contribution in [0.5, 0.6) is 0 Å². The largest absolute Gasteiger partial charge is 0.431 e. The highest BCUT2D eigenvalue weighted by atomic mass is 19.4. The number of halogens is 3. The molecule has 0 radical (unpaired) electrons. The van der Waals surface area contributed by atoms with Crippen LogP contribution in [0.4, 0.5) is 13.2 Å². The van der Waals surface area contributed by atoms with Crippen molar-refractivity contribution in [2.24, 2.45) is 11.8 Å². The van der Waals surface area contributed by atoms with Crippen molar-refractivity contribution in [3.63, 3.8) is 0 Å². The van der Waals surface area contributed by atoms with Gasteiger partial charge in [-0.05, 0) is 5.92 Å². The quantitative estimate of drug-likeness (QED) is 0.485. The number of rotatable bonds is 2. The van der Waals surface area contributed by atoms with Crippen LogP contribution in [0.15, 0.2) is 11.8 Å². The summed E-state index contributed by atoms with van der Waals surface area (Å²) in [6.45, 7) is 3.28. The van der Waals surface area contributed by atoms with Gasteiger partial charge in [0.1, 0.15) is 5.70 Å². The molecule has 0 aromatic carbocycles. The number of allylic oxidation sites excluding steroid dienone is 2. The second kappa shape index (κ2) is 3.61. The first-order valence-electron chi connectivity index (χ1n) is 3.13. The molecule has 0 aromatic rings. The van der Waals surface area contributed by atoms with Crippen LogP contribution < -0.4 is 11.3 Å². The summed E-state index contributed by atoms with van der Waals surface area (Å²) < 4.78 is 35.6. The molecule has 0 aliphatic carbocycles. The van der Waals surface area contributed by atoms with Crippen LogP contribution in [0.25, 0.3) is 0 Å². The maximum Gasteiger partial charge on any atom is 0.431 e. The van der Waals surface area contributed by atoms with Gasteiger partial charge in [-0.25, -0.2) is 0 Å². The summed E-state index contributed by atoms with van der Waals surface area (Å²) in [5.74, 6) is 4.49. The SMILES string of the molecule is CC(C)/C=C(\NN)C(F)(F)F. The van der Waals surface area contributed by atoms with E-state index in [0.29, 0.717) is 0 Å². The van der Waals surface area contributed by atoms with Crippen LogP contribution in [0.1, 0.15) is 13.8 Å². The predicted octanol–water partition coefficient (Wildman–Crippen LogP) is 1.55. The van der Waals surface area contributed by atoms with Crippen molar-refractivity contribution >= 4 is 0 Å². The highest BCUT2D eigenvalue weighted by Gasteiger charge is 2.33. The van der Waals surface area contributed by atoms with Crippen LogP contribution in [0, 0.1) is 5.92 Å². The molecule has 3 N–H and O–H groups in total. The van der Waals surface area contributed by atoms with Crippen molar-refractivity contribution in [2.75, 3.05) is 0 Å². The van der Waals surface area contributed by atoms with Gasteiger partial charge in [-0.2, -0.15) is 13.2 Å². The van der Waals surface area contributed by atoms with E-state index in [4.69, 9.17) is 0 Å². The molecule has 0 saturated carbocycles. The van der Waals surface area contributed by atoms with Gasteiger partial charge in [0.15, 0.2) is 0 Å². The fraction of sp³-hybridized carbons (Fsp3) is 0.667. The lowest BCUT2D eigenvalue weighted by atomic mass is 10.2. The number of alkyl halides is 3. The highest BCUT2D eigenvalue weighted by molar-refractivity contribution is 5.06. The molecule has 5 heteroatoms. The molecule has 0 bridgehead atoms. The Hall–Kier alpha value is -0.710. The van der Waals surface area contributed by atoms with Gasteiger partial charge in [0.2, 0.25) is 0 Å². The minimum atomic E-state index is -4.38. The number of nitrogens with two attached hydrogens (primary N) is 1. The number of hydrogen-bond acceptors (Lipinski definition) is 2. The van der Waals surface area contributed by atoms with Crippen LogP contribution in [-0.2, 0) is 0 Å². The monoisotopic (exact) mass is 168 g/mol. The molecule has 0 aromatic heterocycles. The van der Waals surface area contributed by atoms with Crippen LogP contribution in [-0.4, -0.2) is 6.18 Å². The van der Waals surface area contributed by atoms with Gasteiger partial charge in [-0.3, -0.25) is 5.84 Å². The van der Waals surface area contributed by atoms with Gasteiger partial charge in [0, 0.05) is 0 Å². The molecule has 0 aliphatic rings. The van der Waals surface area contributed by atoms with E-state index < -0.39 is 11.9 Å². The summed E-state index contributed by atoms with van der Waals surface area (Å²) in [6.07, 6.45) is -3.35. The van der Waals surface area contributed by atoms with Crippen molar-refractivity contribution in [1.82, 2.24) is 5.43 Å². The van der Waals surface area contributed by atoms with Gasteiger partial charge in [0.05, 0.1) is 0 Å². The Morgan fingerprint density at radius 3 is 2.00 bits per heavy atom. The molecule has 0 atom stereocenters. The summed E-state index contributed by atoms with van der Waals surface area (Å²) in [6, 6.07) is 0. The minimum Gasteiger partial charge on any atom is -0.320 e. The molecule has 66 valence electrons. The zero-order valence-electron chi connectivity index (χ0n) is 6.37. The lowest BCUT2D eigenvalue weighted by Gasteiger charge is -2.11. The second-order valence-corrected chi connectivity index (χ2v) is 2.47. The molecular formula is C6H11F3N2. The first-order valence-corrected chi connectivity index (χ1v) is 3.13. The Bertz CT molecular complexity index is 148. The molecular weight excluding hydrogens is 157 g/mol. The third-order valence-corrected chi connectivity index (χ3v) is 0.961. The highest BCUT2D eigenvalue weighted by Crippen LogP contribution is 2.23. The minimum absolute atomic E-state index is 0.178. The average Bonchev–Trinajstić information content (AvgIpc) is 1.79.